The smallest absolute Gasteiger partial charge is 0.244 e. The molecule has 1 aliphatic heterocycles. The van der Waals surface area contributed by atoms with Crippen molar-refractivity contribution in [1.82, 2.24) is 19.9 Å². The first-order chi connectivity index (χ1) is 21.3. The van der Waals surface area contributed by atoms with Gasteiger partial charge in [-0.2, -0.15) is 4.72 Å². The minimum Gasteiger partial charge on any atom is -0.399 e. The van der Waals surface area contributed by atoms with Crippen molar-refractivity contribution in [2.45, 2.75) is 49.1 Å². The van der Waals surface area contributed by atoms with Crippen LogP contribution in [0.1, 0.15) is 30.4 Å². The normalized spacial score (nSPS) is 15.5. The second-order valence-electron chi connectivity index (χ2n) is 11.2. The third-order valence-electron chi connectivity index (χ3n) is 7.90. The molecule has 0 bridgehead atoms. The summed E-state index contributed by atoms with van der Waals surface area (Å²) in [7, 11) is -4.22. The molecule has 44 heavy (non-hydrogen) atoms. The zero-order valence-electron chi connectivity index (χ0n) is 24.9. The molecule has 12 heteroatoms. The Kier molecular flexibility index (Phi) is 12.5. The molecule has 238 valence electrons. The summed E-state index contributed by atoms with van der Waals surface area (Å²) in [5.74, 6) is -0.103. The van der Waals surface area contributed by atoms with Gasteiger partial charge in [0.2, 0.25) is 15.9 Å². The number of rotatable bonds is 16. The van der Waals surface area contributed by atoms with E-state index in [0.29, 0.717) is 63.2 Å². The number of piperidine rings is 1. The number of pyridine rings is 1. The third kappa shape index (κ3) is 9.71. The molecule has 1 aliphatic rings. The maximum atomic E-state index is 14.0. The lowest BCUT2D eigenvalue weighted by Gasteiger charge is -2.34. The van der Waals surface area contributed by atoms with Crippen molar-refractivity contribution in [2.24, 2.45) is 5.92 Å². The number of nitrogens with one attached hydrogen (secondary N) is 3. The monoisotopic (exact) mass is 626 g/mol. The molecule has 1 aromatic heterocycles. The number of amides is 1. The van der Waals surface area contributed by atoms with Crippen LogP contribution < -0.4 is 21.1 Å². The highest BCUT2D eigenvalue weighted by molar-refractivity contribution is 7.89. The number of aromatic nitrogens is 1. The maximum Gasteiger partial charge on any atom is 0.244 e. The summed E-state index contributed by atoms with van der Waals surface area (Å²) < 4.78 is 43.5. The summed E-state index contributed by atoms with van der Waals surface area (Å²) >= 11 is 0. The average molecular weight is 627 g/mol. The van der Waals surface area contributed by atoms with E-state index < -0.39 is 16.1 Å². The van der Waals surface area contributed by atoms with Crippen LogP contribution in [-0.2, 0) is 27.7 Å². The predicted octanol–water partition coefficient (Wildman–Crippen LogP) is 2.76. The van der Waals surface area contributed by atoms with E-state index in [4.69, 9.17) is 5.73 Å². The minimum absolute atomic E-state index is 0.0200. The number of carbonyl (C=O) groups excluding carboxylic acids is 1. The van der Waals surface area contributed by atoms with Gasteiger partial charge < -0.3 is 26.4 Å². The molecule has 0 radical (unpaired) electrons. The number of hydrogen-bond acceptors (Lipinski definition) is 8. The van der Waals surface area contributed by atoms with E-state index in [9.17, 15) is 22.7 Å². The van der Waals surface area contributed by atoms with Gasteiger partial charge >= 0.3 is 0 Å². The Morgan fingerprint density at radius 3 is 2.43 bits per heavy atom. The lowest BCUT2D eigenvalue weighted by molar-refractivity contribution is -0.134. The molecule has 4 rings (SSSR count). The number of aliphatic hydroxyl groups excluding tert-OH is 1. The highest BCUT2D eigenvalue weighted by atomic mass is 32.2. The molecule has 2 aromatic carbocycles. The quantitative estimate of drug-likeness (QED) is 0.120. The number of aliphatic hydroxyl groups is 1. The van der Waals surface area contributed by atoms with E-state index in [-0.39, 0.29) is 42.5 Å². The van der Waals surface area contributed by atoms with Crippen molar-refractivity contribution < 1.29 is 22.7 Å². The zero-order valence-corrected chi connectivity index (χ0v) is 25.7. The molecule has 6 N–H and O–H groups in total. The Bertz CT molecular complexity index is 1420. The van der Waals surface area contributed by atoms with Crippen LogP contribution in [-0.4, -0.2) is 80.9 Å². The Morgan fingerprint density at radius 2 is 1.75 bits per heavy atom. The van der Waals surface area contributed by atoms with Crippen LogP contribution in [0, 0.1) is 5.92 Å². The topological polar surface area (TPSA) is 150 Å². The van der Waals surface area contributed by atoms with Crippen LogP contribution in [0.4, 0.5) is 15.8 Å². The number of hydrogen-bond donors (Lipinski definition) is 5. The lowest BCUT2D eigenvalue weighted by atomic mass is 9.93. The summed E-state index contributed by atoms with van der Waals surface area (Å²) in [5, 5.41) is 15.8. The number of nitrogen functional groups attached to an aromatic ring is 1. The largest absolute Gasteiger partial charge is 0.399 e. The SMILES string of the molecule is Nc1ccc(C[C@H](NS(=O)(=O)c2cnccc2N[C@H](CNCCO)Cc2ccccc2)C(=O)N2CCC(CCF)CC2)cc1. The molecule has 2 atom stereocenters. The van der Waals surface area contributed by atoms with Gasteiger partial charge in [0.25, 0.3) is 0 Å². The van der Waals surface area contributed by atoms with Gasteiger partial charge in [0, 0.05) is 50.3 Å². The standard InChI is InChI=1S/C32H43FN6O4S/c33-14-10-24-12-17-39(18-13-24)32(41)30(21-26-6-8-27(34)9-7-26)38-44(42,43)31-23-35-15-11-29(31)37-28(22-36-16-19-40)20-25-4-2-1-3-5-25/h1-9,11,15,23-24,28,30,36,38,40H,10,12-14,16-22,34H2,(H,35,37)/t28-,30-/m0/s1. The Morgan fingerprint density at radius 1 is 1.05 bits per heavy atom. The van der Waals surface area contributed by atoms with Gasteiger partial charge in [-0.3, -0.25) is 14.2 Å². The summed E-state index contributed by atoms with van der Waals surface area (Å²) in [4.78, 5) is 19.5. The van der Waals surface area contributed by atoms with Crippen LogP contribution in [0.5, 0.6) is 0 Å². The van der Waals surface area contributed by atoms with Crippen molar-refractivity contribution in [2.75, 3.05) is 50.5 Å². The first kappa shape index (κ1) is 33.3. The second kappa shape index (κ2) is 16.5. The summed E-state index contributed by atoms with van der Waals surface area (Å²) in [6.45, 7) is 1.37. The molecule has 10 nitrogen and oxygen atoms in total. The Balaban J connectivity index is 1.57. The first-order valence-corrected chi connectivity index (χ1v) is 16.5. The van der Waals surface area contributed by atoms with Crippen LogP contribution in [0.25, 0.3) is 0 Å². The molecule has 0 spiro atoms. The van der Waals surface area contributed by atoms with Crippen molar-refractivity contribution in [3.05, 3.63) is 84.2 Å². The van der Waals surface area contributed by atoms with Crippen molar-refractivity contribution in [3.8, 4) is 0 Å². The van der Waals surface area contributed by atoms with Gasteiger partial charge in [-0.15, -0.1) is 0 Å². The predicted molar refractivity (Wildman–Crippen MR) is 170 cm³/mol. The molecule has 1 amide bonds. The molecule has 2 heterocycles. The number of nitrogens with zero attached hydrogens (tertiary/aromatic N) is 2. The zero-order chi connectivity index (χ0) is 31.4. The fourth-order valence-electron chi connectivity index (χ4n) is 5.50. The van der Waals surface area contributed by atoms with Gasteiger partial charge in [-0.1, -0.05) is 42.5 Å². The highest BCUT2D eigenvalue weighted by Gasteiger charge is 2.33. The van der Waals surface area contributed by atoms with Gasteiger partial charge in [-0.25, -0.2) is 8.42 Å². The summed E-state index contributed by atoms with van der Waals surface area (Å²) in [6.07, 6.45) is 5.36. The summed E-state index contributed by atoms with van der Waals surface area (Å²) in [5.41, 5.74) is 8.59. The number of carbonyl (C=O) groups is 1. The molecule has 0 aliphatic carbocycles. The van der Waals surface area contributed by atoms with Crippen LogP contribution in [0.15, 0.2) is 78.0 Å². The van der Waals surface area contributed by atoms with Crippen LogP contribution >= 0.6 is 0 Å². The van der Waals surface area contributed by atoms with Gasteiger partial charge in [-0.05, 0) is 67.3 Å². The molecule has 3 aromatic rings. The average Bonchev–Trinajstić information content (AvgIpc) is 3.03. The number of likely N-dealkylation sites (tertiary alicyclic amines) is 1. The maximum absolute atomic E-state index is 14.0. The summed E-state index contributed by atoms with van der Waals surface area (Å²) in [6, 6.07) is 17.1. The third-order valence-corrected chi connectivity index (χ3v) is 9.40. The number of nitrogens with two attached hydrogens (primary N) is 1. The molecule has 1 saturated heterocycles. The number of anilines is 2. The number of sulfonamides is 1. The minimum atomic E-state index is -4.22. The van der Waals surface area contributed by atoms with E-state index >= 15 is 0 Å². The number of benzene rings is 2. The van der Waals surface area contributed by atoms with E-state index in [1.807, 2.05) is 30.3 Å². The van der Waals surface area contributed by atoms with Crippen molar-refractivity contribution in [3.63, 3.8) is 0 Å². The molecular weight excluding hydrogens is 583 g/mol. The van der Waals surface area contributed by atoms with E-state index in [1.54, 1.807) is 35.2 Å². The van der Waals surface area contributed by atoms with Crippen molar-refractivity contribution in [1.29, 1.82) is 0 Å². The van der Waals surface area contributed by atoms with Gasteiger partial charge in [0.05, 0.1) is 19.0 Å². The first-order valence-electron chi connectivity index (χ1n) is 15.1. The van der Waals surface area contributed by atoms with Gasteiger partial charge in [0.1, 0.15) is 10.9 Å². The van der Waals surface area contributed by atoms with Crippen LogP contribution in [0.2, 0.25) is 0 Å². The molecule has 0 saturated carbocycles. The Labute approximate surface area is 259 Å². The second-order valence-corrected chi connectivity index (χ2v) is 12.9. The van der Waals surface area contributed by atoms with Gasteiger partial charge in [0.15, 0.2) is 0 Å². The van der Waals surface area contributed by atoms with Crippen molar-refractivity contribution >= 4 is 27.3 Å². The van der Waals surface area contributed by atoms with E-state index in [0.717, 1.165) is 11.1 Å². The molecular formula is C32H43FN6O4S. The molecule has 1 fully saturated rings. The fourth-order valence-corrected chi connectivity index (χ4v) is 6.80. The highest BCUT2D eigenvalue weighted by Crippen LogP contribution is 2.25. The Hall–Kier alpha value is -3.58. The van der Waals surface area contributed by atoms with E-state index in [2.05, 4.69) is 20.3 Å². The fraction of sp³-hybridized carbons (Fsp3) is 0.438. The lowest BCUT2D eigenvalue weighted by Crippen LogP contribution is -2.51. The van der Waals surface area contributed by atoms with Crippen LogP contribution in [0.3, 0.4) is 0 Å². The number of halogens is 1. The molecule has 0 unspecified atom stereocenters. The van der Waals surface area contributed by atoms with E-state index in [1.165, 1.54) is 12.4 Å². The number of alkyl halides is 1.